The number of anilines is 1. The molecule has 116 valence electrons. The van der Waals surface area contributed by atoms with Gasteiger partial charge in [0.25, 0.3) is 0 Å². The van der Waals surface area contributed by atoms with Crippen molar-refractivity contribution < 1.29 is 19.4 Å². The van der Waals surface area contributed by atoms with Gasteiger partial charge in [-0.2, -0.15) is 0 Å². The predicted octanol–water partition coefficient (Wildman–Crippen LogP) is 3.18. The van der Waals surface area contributed by atoms with E-state index < -0.39 is 11.7 Å². The normalized spacial score (nSPS) is 17.5. The summed E-state index contributed by atoms with van der Waals surface area (Å²) in [6.45, 7) is 1.31. The fourth-order valence-corrected chi connectivity index (χ4v) is 2.68. The molecule has 0 unspecified atom stereocenters. The maximum absolute atomic E-state index is 11.6. The number of amides is 1. The second-order valence-electron chi connectivity index (χ2n) is 4.81. The molecule has 6 nitrogen and oxygen atoms in total. The Balaban J connectivity index is 2.26. The van der Waals surface area contributed by atoms with E-state index in [-0.39, 0.29) is 6.54 Å². The molecule has 0 bridgehead atoms. The smallest absolute Gasteiger partial charge is 0.413 e. The molecule has 1 fully saturated rings. The van der Waals surface area contributed by atoms with E-state index >= 15 is 0 Å². The maximum atomic E-state index is 11.6. The zero-order valence-corrected chi connectivity index (χ0v) is 13.9. The number of ether oxygens (including phenoxy) is 2. The van der Waals surface area contributed by atoms with Crippen LogP contribution in [0.3, 0.4) is 0 Å². The fourth-order valence-electron chi connectivity index (χ4n) is 2.26. The number of rotatable bonds is 4. The lowest BCUT2D eigenvalue weighted by Crippen LogP contribution is -2.50. The molecule has 0 aromatic carbocycles. The molecule has 8 heteroatoms. The van der Waals surface area contributed by atoms with Gasteiger partial charge < -0.3 is 14.6 Å². The van der Waals surface area contributed by atoms with Crippen LogP contribution in [0.4, 0.5) is 10.6 Å². The minimum atomic E-state index is -1.08. The zero-order valence-electron chi connectivity index (χ0n) is 11.5. The molecule has 1 aromatic rings. The predicted molar refractivity (Wildman–Crippen MR) is 82.1 cm³/mol. The van der Waals surface area contributed by atoms with Crippen LogP contribution in [0.25, 0.3) is 0 Å². The standard InChI is InChI=1S/C13H16BrClN2O4/c1-20-13(4-6-21-7-5-13)8-17(12(18)19)10-3-2-9(15)11(14)16-10/h2-3H,4-8H2,1H3,(H,18,19). The van der Waals surface area contributed by atoms with Gasteiger partial charge in [0.1, 0.15) is 10.4 Å². The van der Waals surface area contributed by atoms with Crippen molar-refractivity contribution in [3.05, 3.63) is 21.8 Å². The van der Waals surface area contributed by atoms with Crippen LogP contribution in [0.1, 0.15) is 12.8 Å². The fraction of sp³-hybridized carbons (Fsp3) is 0.538. The van der Waals surface area contributed by atoms with Crippen molar-refractivity contribution in [3.8, 4) is 0 Å². The monoisotopic (exact) mass is 378 g/mol. The quantitative estimate of drug-likeness (QED) is 0.814. The van der Waals surface area contributed by atoms with Crippen LogP contribution in [0.15, 0.2) is 16.7 Å². The summed E-state index contributed by atoms with van der Waals surface area (Å²) in [5, 5.41) is 9.91. The molecule has 21 heavy (non-hydrogen) atoms. The SMILES string of the molecule is COC1(CN(C(=O)O)c2ccc(Cl)c(Br)n2)CCOCC1. The molecule has 0 saturated carbocycles. The van der Waals surface area contributed by atoms with E-state index in [0.717, 1.165) is 0 Å². The van der Waals surface area contributed by atoms with Gasteiger partial charge in [0.05, 0.1) is 17.2 Å². The van der Waals surface area contributed by atoms with Crippen molar-refractivity contribution in [1.82, 2.24) is 4.98 Å². The van der Waals surface area contributed by atoms with Crippen LogP contribution in [-0.4, -0.2) is 48.7 Å². The number of carboxylic acid groups (broad SMARTS) is 1. The molecule has 2 rings (SSSR count). The summed E-state index contributed by atoms with van der Waals surface area (Å²) in [4.78, 5) is 16.9. The Hall–Kier alpha value is -0.890. The first kappa shape index (κ1) is 16.5. The summed E-state index contributed by atoms with van der Waals surface area (Å²) in [5.74, 6) is 0.307. The minimum Gasteiger partial charge on any atom is -0.465 e. The van der Waals surface area contributed by atoms with Crippen molar-refractivity contribution >= 4 is 39.4 Å². The Bertz CT molecular complexity index is 523. The van der Waals surface area contributed by atoms with Gasteiger partial charge in [-0.25, -0.2) is 9.78 Å². The molecule has 0 spiro atoms. The summed E-state index contributed by atoms with van der Waals surface area (Å²) in [5.41, 5.74) is -0.551. The largest absolute Gasteiger partial charge is 0.465 e. The highest BCUT2D eigenvalue weighted by Gasteiger charge is 2.37. The van der Waals surface area contributed by atoms with E-state index in [1.165, 1.54) is 4.90 Å². The molecule has 1 amide bonds. The third-order valence-electron chi connectivity index (χ3n) is 3.58. The Kier molecular flexibility index (Phi) is 5.43. The Labute approximate surface area is 136 Å². The summed E-state index contributed by atoms with van der Waals surface area (Å²) in [7, 11) is 1.59. The number of halogens is 2. The van der Waals surface area contributed by atoms with E-state index in [1.54, 1.807) is 19.2 Å². The Morgan fingerprint density at radius 3 is 2.76 bits per heavy atom. The first-order valence-electron chi connectivity index (χ1n) is 6.43. The molecule has 1 saturated heterocycles. The average Bonchev–Trinajstić information content (AvgIpc) is 2.48. The molecule has 1 aliphatic rings. The van der Waals surface area contributed by atoms with Crippen LogP contribution in [0.2, 0.25) is 5.02 Å². The third kappa shape index (κ3) is 3.85. The summed E-state index contributed by atoms with van der Waals surface area (Å²) < 4.78 is 11.3. The molecule has 1 aliphatic heterocycles. The highest BCUT2D eigenvalue weighted by molar-refractivity contribution is 9.10. The van der Waals surface area contributed by atoms with E-state index in [0.29, 0.717) is 41.5 Å². The summed E-state index contributed by atoms with van der Waals surface area (Å²) in [6.07, 6.45) is 0.198. The second-order valence-corrected chi connectivity index (χ2v) is 5.97. The Morgan fingerprint density at radius 2 is 2.24 bits per heavy atom. The van der Waals surface area contributed by atoms with Crippen LogP contribution >= 0.6 is 27.5 Å². The van der Waals surface area contributed by atoms with Crippen LogP contribution in [0.5, 0.6) is 0 Å². The van der Waals surface area contributed by atoms with Crippen molar-refractivity contribution in [3.63, 3.8) is 0 Å². The number of aromatic nitrogens is 1. The van der Waals surface area contributed by atoms with Crippen LogP contribution in [-0.2, 0) is 9.47 Å². The lowest BCUT2D eigenvalue weighted by molar-refractivity contribution is -0.0835. The van der Waals surface area contributed by atoms with E-state index in [4.69, 9.17) is 21.1 Å². The molecule has 0 radical (unpaired) electrons. The van der Waals surface area contributed by atoms with Crippen LogP contribution in [0, 0.1) is 0 Å². The molecule has 1 N–H and O–H groups in total. The van der Waals surface area contributed by atoms with Crippen molar-refractivity contribution in [1.29, 1.82) is 0 Å². The number of nitrogens with zero attached hydrogens (tertiary/aromatic N) is 2. The van der Waals surface area contributed by atoms with Gasteiger partial charge in [-0.3, -0.25) is 4.90 Å². The highest BCUT2D eigenvalue weighted by atomic mass is 79.9. The number of pyridine rings is 1. The molecule has 2 heterocycles. The third-order valence-corrected chi connectivity index (χ3v) is 4.72. The van der Waals surface area contributed by atoms with Gasteiger partial charge in [0.15, 0.2) is 0 Å². The molecule has 0 atom stereocenters. The number of methoxy groups -OCH3 is 1. The molecular formula is C13H16BrClN2O4. The minimum absolute atomic E-state index is 0.198. The first-order chi connectivity index (χ1) is 9.97. The maximum Gasteiger partial charge on any atom is 0.413 e. The van der Waals surface area contributed by atoms with E-state index in [2.05, 4.69) is 20.9 Å². The highest BCUT2D eigenvalue weighted by Crippen LogP contribution is 2.29. The van der Waals surface area contributed by atoms with Crippen molar-refractivity contribution in [2.75, 3.05) is 31.8 Å². The topological polar surface area (TPSA) is 71.9 Å². The van der Waals surface area contributed by atoms with E-state index in [9.17, 15) is 9.90 Å². The lowest BCUT2D eigenvalue weighted by atomic mass is 9.93. The van der Waals surface area contributed by atoms with E-state index in [1.807, 2.05) is 0 Å². The number of hydrogen-bond donors (Lipinski definition) is 1. The van der Waals surface area contributed by atoms with Gasteiger partial charge >= 0.3 is 6.09 Å². The lowest BCUT2D eigenvalue weighted by Gasteiger charge is -2.38. The molecular weight excluding hydrogens is 364 g/mol. The van der Waals surface area contributed by atoms with Gasteiger partial charge in [-0.15, -0.1) is 0 Å². The van der Waals surface area contributed by atoms with Gasteiger partial charge in [-0.05, 0) is 28.1 Å². The van der Waals surface area contributed by atoms with Gasteiger partial charge in [0, 0.05) is 33.2 Å². The first-order valence-corrected chi connectivity index (χ1v) is 7.60. The number of hydrogen-bond acceptors (Lipinski definition) is 4. The average molecular weight is 380 g/mol. The molecule has 0 aliphatic carbocycles. The Morgan fingerprint density at radius 1 is 1.57 bits per heavy atom. The molecule has 1 aromatic heterocycles. The summed E-state index contributed by atoms with van der Waals surface area (Å²) in [6, 6.07) is 3.18. The van der Waals surface area contributed by atoms with Crippen molar-refractivity contribution in [2.45, 2.75) is 18.4 Å². The van der Waals surface area contributed by atoms with Crippen molar-refractivity contribution in [2.24, 2.45) is 0 Å². The van der Waals surface area contributed by atoms with Gasteiger partial charge in [-0.1, -0.05) is 11.6 Å². The van der Waals surface area contributed by atoms with Crippen LogP contribution < -0.4 is 4.90 Å². The van der Waals surface area contributed by atoms with Gasteiger partial charge in [0.2, 0.25) is 0 Å². The second kappa shape index (κ2) is 6.91. The number of carbonyl (C=O) groups is 1. The zero-order chi connectivity index (χ0) is 15.5. The summed E-state index contributed by atoms with van der Waals surface area (Å²) >= 11 is 9.10.